The van der Waals surface area contributed by atoms with Gasteiger partial charge in [0.15, 0.2) is 0 Å². The van der Waals surface area contributed by atoms with Crippen molar-refractivity contribution in [2.24, 2.45) is 0 Å². The number of piperidine rings is 1. The number of hydrogen-bond donors (Lipinski definition) is 0. The lowest BCUT2D eigenvalue weighted by Crippen LogP contribution is -2.36. The predicted octanol–water partition coefficient (Wildman–Crippen LogP) is 1.28. The zero-order valence-corrected chi connectivity index (χ0v) is 11.0. The molecular formula is C9H18BrNO2S. The van der Waals surface area contributed by atoms with Gasteiger partial charge in [0.25, 0.3) is 0 Å². The van der Waals surface area contributed by atoms with Gasteiger partial charge in [0, 0.05) is 17.6 Å². The lowest BCUT2D eigenvalue weighted by molar-refractivity contribution is 0.236. The maximum absolute atomic E-state index is 10.9. The van der Waals surface area contributed by atoms with E-state index in [1.807, 2.05) is 0 Å². The molecule has 0 radical (unpaired) electrons. The predicted molar refractivity (Wildman–Crippen MR) is 62.7 cm³/mol. The summed E-state index contributed by atoms with van der Waals surface area (Å²) in [6, 6.07) is 0. The van der Waals surface area contributed by atoms with Crippen molar-refractivity contribution in [3.05, 3.63) is 0 Å². The van der Waals surface area contributed by atoms with Crippen molar-refractivity contribution < 1.29 is 8.42 Å². The van der Waals surface area contributed by atoms with Gasteiger partial charge in [-0.3, -0.25) is 0 Å². The topological polar surface area (TPSA) is 37.4 Å². The Labute approximate surface area is 94.9 Å². The van der Waals surface area contributed by atoms with E-state index in [0.29, 0.717) is 10.6 Å². The van der Waals surface area contributed by atoms with Gasteiger partial charge in [0.1, 0.15) is 9.84 Å². The van der Waals surface area contributed by atoms with Crippen molar-refractivity contribution >= 4 is 25.8 Å². The van der Waals surface area contributed by atoms with E-state index in [2.05, 4.69) is 20.8 Å². The molecule has 0 aromatic heterocycles. The molecule has 1 saturated heterocycles. The SMILES string of the molecule is CS(=O)(=O)CCCN1CCCC(Br)C1. The number of halogens is 1. The van der Waals surface area contributed by atoms with Gasteiger partial charge in [-0.05, 0) is 32.4 Å². The van der Waals surface area contributed by atoms with Crippen LogP contribution in [0, 0.1) is 0 Å². The summed E-state index contributed by atoms with van der Waals surface area (Å²) < 4.78 is 21.8. The summed E-state index contributed by atoms with van der Waals surface area (Å²) in [6.45, 7) is 3.09. The molecule has 0 N–H and O–H groups in total. The molecule has 14 heavy (non-hydrogen) atoms. The van der Waals surface area contributed by atoms with Crippen molar-refractivity contribution in [1.82, 2.24) is 4.90 Å². The van der Waals surface area contributed by atoms with Crippen LogP contribution in [0.2, 0.25) is 0 Å². The van der Waals surface area contributed by atoms with Crippen LogP contribution in [-0.2, 0) is 9.84 Å². The Morgan fingerprint density at radius 1 is 1.50 bits per heavy atom. The van der Waals surface area contributed by atoms with E-state index < -0.39 is 9.84 Å². The van der Waals surface area contributed by atoms with Gasteiger partial charge in [-0.1, -0.05) is 15.9 Å². The second-order valence-electron chi connectivity index (χ2n) is 4.02. The quantitative estimate of drug-likeness (QED) is 0.730. The Hall–Kier alpha value is 0.390. The average molecular weight is 284 g/mol. The van der Waals surface area contributed by atoms with Crippen LogP contribution in [0.25, 0.3) is 0 Å². The molecule has 1 atom stereocenters. The summed E-state index contributed by atoms with van der Waals surface area (Å²) in [4.78, 5) is 2.93. The van der Waals surface area contributed by atoms with Crippen molar-refractivity contribution in [3.8, 4) is 0 Å². The molecule has 1 aliphatic rings. The Kier molecular flexibility index (Phi) is 4.87. The Morgan fingerprint density at radius 2 is 2.21 bits per heavy atom. The van der Waals surface area contributed by atoms with E-state index in [9.17, 15) is 8.42 Å². The highest BCUT2D eigenvalue weighted by Crippen LogP contribution is 2.16. The molecule has 1 fully saturated rings. The standard InChI is InChI=1S/C9H18BrNO2S/c1-14(12,13)7-3-6-11-5-2-4-9(10)8-11/h9H,2-8H2,1H3. The zero-order valence-electron chi connectivity index (χ0n) is 8.58. The van der Waals surface area contributed by atoms with Crippen molar-refractivity contribution in [3.63, 3.8) is 0 Å². The first-order chi connectivity index (χ1) is 6.47. The molecule has 0 amide bonds. The van der Waals surface area contributed by atoms with Gasteiger partial charge in [0.05, 0.1) is 5.75 Å². The van der Waals surface area contributed by atoms with E-state index in [4.69, 9.17) is 0 Å². The second-order valence-corrected chi connectivity index (χ2v) is 7.58. The third-order valence-electron chi connectivity index (χ3n) is 2.44. The van der Waals surface area contributed by atoms with Gasteiger partial charge in [0.2, 0.25) is 0 Å². The van der Waals surface area contributed by atoms with E-state index in [1.165, 1.54) is 19.1 Å². The average Bonchev–Trinajstić information content (AvgIpc) is 2.01. The van der Waals surface area contributed by atoms with Gasteiger partial charge in [-0.25, -0.2) is 8.42 Å². The lowest BCUT2D eigenvalue weighted by Gasteiger charge is -2.29. The summed E-state index contributed by atoms with van der Waals surface area (Å²) in [5.74, 6) is 0.316. The minimum atomic E-state index is -2.78. The molecule has 0 aromatic carbocycles. The highest BCUT2D eigenvalue weighted by molar-refractivity contribution is 9.09. The number of nitrogens with zero attached hydrogens (tertiary/aromatic N) is 1. The molecule has 1 aliphatic heterocycles. The maximum atomic E-state index is 10.9. The first-order valence-electron chi connectivity index (χ1n) is 5.01. The van der Waals surface area contributed by atoms with Gasteiger partial charge < -0.3 is 4.90 Å². The van der Waals surface area contributed by atoms with E-state index in [1.54, 1.807) is 0 Å². The summed E-state index contributed by atoms with van der Waals surface area (Å²) in [6.07, 6.45) is 4.52. The maximum Gasteiger partial charge on any atom is 0.147 e. The molecule has 0 spiro atoms. The molecule has 1 rings (SSSR count). The Morgan fingerprint density at radius 3 is 2.79 bits per heavy atom. The zero-order chi connectivity index (χ0) is 10.6. The molecule has 3 nitrogen and oxygen atoms in total. The fourth-order valence-corrected chi connectivity index (χ4v) is 3.14. The summed E-state index contributed by atoms with van der Waals surface area (Å²) in [5, 5.41) is 0. The Balaban J connectivity index is 2.18. The fourth-order valence-electron chi connectivity index (χ4n) is 1.75. The molecule has 0 aromatic rings. The van der Waals surface area contributed by atoms with Crippen LogP contribution >= 0.6 is 15.9 Å². The molecule has 0 aliphatic carbocycles. The molecule has 84 valence electrons. The number of hydrogen-bond acceptors (Lipinski definition) is 3. The van der Waals surface area contributed by atoms with Crippen molar-refractivity contribution in [2.45, 2.75) is 24.1 Å². The van der Waals surface area contributed by atoms with Crippen LogP contribution in [0.3, 0.4) is 0 Å². The largest absolute Gasteiger partial charge is 0.302 e. The van der Waals surface area contributed by atoms with Crippen LogP contribution in [0.1, 0.15) is 19.3 Å². The van der Waals surface area contributed by atoms with Crippen molar-refractivity contribution in [1.29, 1.82) is 0 Å². The Bertz CT molecular complexity index is 266. The monoisotopic (exact) mass is 283 g/mol. The van der Waals surface area contributed by atoms with Crippen molar-refractivity contribution in [2.75, 3.05) is 31.6 Å². The number of alkyl halides is 1. The molecular weight excluding hydrogens is 266 g/mol. The summed E-state index contributed by atoms with van der Waals surface area (Å²) >= 11 is 3.60. The fraction of sp³-hybridized carbons (Fsp3) is 1.00. The summed E-state index contributed by atoms with van der Waals surface area (Å²) in [5.41, 5.74) is 0. The van der Waals surface area contributed by atoms with Gasteiger partial charge >= 0.3 is 0 Å². The van der Waals surface area contributed by atoms with Crippen LogP contribution in [0.15, 0.2) is 0 Å². The minimum Gasteiger partial charge on any atom is -0.302 e. The molecule has 1 heterocycles. The minimum absolute atomic E-state index is 0.316. The van der Waals surface area contributed by atoms with Crippen LogP contribution < -0.4 is 0 Å². The second kappa shape index (κ2) is 5.47. The third kappa shape index (κ3) is 5.32. The first-order valence-corrected chi connectivity index (χ1v) is 7.99. The van der Waals surface area contributed by atoms with E-state index in [0.717, 1.165) is 26.1 Å². The summed E-state index contributed by atoms with van der Waals surface area (Å²) in [7, 11) is -2.78. The third-order valence-corrected chi connectivity index (χ3v) is 4.22. The molecule has 1 unspecified atom stereocenters. The van der Waals surface area contributed by atoms with E-state index >= 15 is 0 Å². The molecule has 0 saturated carbocycles. The van der Waals surface area contributed by atoms with Crippen LogP contribution in [0.4, 0.5) is 0 Å². The van der Waals surface area contributed by atoms with Crippen LogP contribution in [-0.4, -0.2) is 49.8 Å². The van der Waals surface area contributed by atoms with Gasteiger partial charge in [-0.2, -0.15) is 0 Å². The van der Waals surface area contributed by atoms with Crippen LogP contribution in [0.5, 0.6) is 0 Å². The molecule has 0 bridgehead atoms. The number of rotatable bonds is 4. The normalized spacial score (nSPS) is 25.1. The van der Waals surface area contributed by atoms with E-state index in [-0.39, 0.29) is 0 Å². The lowest BCUT2D eigenvalue weighted by atomic mass is 10.1. The highest BCUT2D eigenvalue weighted by atomic mass is 79.9. The smallest absolute Gasteiger partial charge is 0.147 e. The highest BCUT2D eigenvalue weighted by Gasteiger charge is 2.17. The number of sulfone groups is 1. The van der Waals surface area contributed by atoms with Gasteiger partial charge in [-0.15, -0.1) is 0 Å². The first kappa shape index (κ1) is 12.5. The number of likely N-dealkylation sites (tertiary alicyclic amines) is 1. The molecule has 5 heteroatoms.